The lowest BCUT2D eigenvalue weighted by atomic mass is 10.1. The zero-order valence-electron chi connectivity index (χ0n) is 9.03. The van der Waals surface area contributed by atoms with Crippen LogP contribution in [0.1, 0.15) is 31.4 Å². The Morgan fingerprint density at radius 2 is 2.12 bits per heavy atom. The van der Waals surface area contributed by atoms with Crippen LogP contribution in [-0.4, -0.2) is 5.91 Å². The van der Waals surface area contributed by atoms with Gasteiger partial charge in [-0.15, -0.1) is 0 Å². The van der Waals surface area contributed by atoms with E-state index in [1.165, 1.54) is 0 Å². The quantitative estimate of drug-likeness (QED) is 0.922. The van der Waals surface area contributed by atoms with Crippen molar-refractivity contribution in [3.63, 3.8) is 0 Å². The molecule has 1 aromatic rings. The summed E-state index contributed by atoms with van der Waals surface area (Å²) in [5, 5.41) is 11.7. The number of amides is 1. The number of halogens is 1. The third-order valence-corrected chi connectivity index (χ3v) is 2.64. The molecule has 1 atom stereocenters. The van der Waals surface area contributed by atoms with E-state index in [1.54, 1.807) is 0 Å². The minimum atomic E-state index is -0.563. The maximum atomic E-state index is 11.4. The smallest absolute Gasteiger partial charge is 0.221 e. The molecule has 1 aromatic carbocycles. The van der Waals surface area contributed by atoms with Gasteiger partial charge in [-0.2, -0.15) is 5.26 Å². The van der Waals surface area contributed by atoms with Crippen LogP contribution in [-0.2, 0) is 4.79 Å². The summed E-state index contributed by atoms with van der Waals surface area (Å²) in [4.78, 5) is 11.4. The molecule has 1 unspecified atom stereocenters. The normalized spacial score (nSPS) is 11.6. The van der Waals surface area contributed by atoms with E-state index < -0.39 is 6.04 Å². The Labute approximate surface area is 104 Å². The maximum absolute atomic E-state index is 11.4. The van der Waals surface area contributed by atoms with Gasteiger partial charge in [0.05, 0.1) is 6.07 Å². The number of carbonyl (C=O) groups excluding carboxylic acids is 1. The highest BCUT2D eigenvalue weighted by Gasteiger charge is 2.12. The fourth-order valence-corrected chi connectivity index (χ4v) is 1.57. The number of nitrogens with one attached hydrogen (secondary N) is 1. The van der Waals surface area contributed by atoms with Gasteiger partial charge in [0.2, 0.25) is 5.91 Å². The highest BCUT2D eigenvalue weighted by Crippen LogP contribution is 2.16. The molecule has 1 N–H and O–H groups in total. The number of carbonyl (C=O) groups is 1. The average Bonchev–Trinajstić information content (AvgIpc) is 2.27. The lowest BCUT2D eigenvalue weighted by Gasteiger charge is -2.11. The third kappa shape index (κ3) is 3.67. The first-order valence-corrected chi connectivity index (χ1v) is 5.91. The molecule has 0 saturated heterocycles. The zero-order chi connectivity index (χ0) is 12.0. The van der Waals surface area contributed by atoms with Gasteiger partial charge >= 0.3 is 0 Å². The fourth-order valence-electron chi connectivity index (χ4n) is 1.31. The first kappa shape index (κ1) is 12.7. The molecule has 0 aliphatic carbocycles. The summed E-state index contributed by atoms with van der Waals surface area (Å²) in [5.41, 5.74) is 0.801. The monoisotopic (exact) mass is 280 g/mol. The predicted molar refractivity (Wildman–Crippen MR) is 65.5 cm³/mol. The largest absolute Gasteiger partial charge is 0.337 e. The minimum absolute atomic E-state index is 0.0861. The number of rotatable bonds is 4. The molecule has 3 nitrogen and oxygen atoms in total. The second-order valence-corrected chi connectivity index (χ2v) is 4.35. The molecule has 84 valence electrons. The van der Waals surface area contributed by atoms with Gasteiger partial charge in [-0.25, -0.2) is 0 Å². The van der Waals surface area contributed by atoms with E-state index in [1.807, 2.05) is 31.2 Å². The van der Waals surface area contributed by atoms with Crippen LogP contribution >= 0.6 is 15.9 Å². The number of hydrogen-bond acceptors (Lipinski definition) is 2. The molecule has 1 amide bonds. The molecule has 0 spiro atoms. The highest BCUT2D eigenvalue weighted by atomic mass is 79.9. The summed E-state index contributed by atoms with van der Waals surface area (Å²) >= 11 is 3.32. The Kier molecular flexibility index (Phi) is 5.00. The van der Waals surface area contributed by atoms with E-state index in [-0.39, 0.29) is 5.91 Å². The molecule has 1 rings (SSSR count). The van der Waals surface area contributed by atoms with Crippen molar-refractivity contribution in [1.82, 2.24) is 5.32 Å². The van der Waals surface area contributed by atoms with Crippen molar-refractivity contribution in [3.05, 3.63) is 34.3 Å². The van der Waals surface area contributed by atoms with Crippen molar-refractivity contribution < 1.29 is 4.79 Å². The van der Waals surface area contributed by atoms with Gasteiger partial charge in [0.15, 0.2) is 0 Å². The van der Waals surface area contributed by atoms with Gasteiger partial charge in [-0.1, -0.05) is 35.0 Å². The Bertz CT molecular complexity index is 394. The molecule has 4 heteroatoms. The Hall–Kier alpha value is -1.34. The first-order valence-electron chi connectivity index (χ1n) is 5.11. The van der Waals surface area contributed by atoms with Crippen LogP contribution in [0.25, 0.3) is 0 Å². The third-order valence-electron chi connectivity index (χ3n) is 2.11. The summed E-state index contributed by atoms with van der Waals surface area (Å²) < 4.78 is 0.952. The SMILES string of the molecule is CCCC(=O)NC(C#N)c1ccc(Br)cc1. The minimum Gasteiger partial charge on any atom is -0.337 e. The van der Waals surface area contributed by atoms with Crippen LogP contribution < -0.4 is 5.32 Å². The molecule has 16 heavy (non-hydrogen) atoms. The van der Waals surface area contributed by atoms with Crippen molar-refractivity contribution in [2.24, 2.45) is 0 Å². The van der Waals surface area contributed by atoms with Gasteiger partial charge in [0, 0.05) is 10.9 Å². The highest BCUT2D eigenvalue weighted by molar-refractivity contribution is 9.10. The van der Waals surface area contributed by atoms with Crippen molar-refractivity contribution in [2.75, 3.05) is 0 Å². The van der Waals surface area contributed by atoms with E-state index in [9.17, 15) is 4.79 Å². The molecule has 0 aliphatic heterocycles. The van der Waals surface area contributed by atoms with E-state index in [0.717, 1.165) is 16.5 Å². The number of hydrogen-bond donors (Lipinski definition) is 1. The molecular weight excluding hydrogens is 268 g/mol. The summed E-state index contributed by atoms with van der Waals surface area (Å²) in [7, 11) is 0. The molecule has 0 bridgehead atoms. The molecule has 0 fully saturated rings. The molecular formula is C12H13BrN2O. The van der Waals surface area contributed by atoms with E-state index in [0.29, 0.717) is 6.42 Å². The molecule has 0 aromatic heterocycles. The summed E-state index contributed by atoms with van der Waals surface area (Å²) in [6.07, 6.45) is 1.24. The molecule has 0 heterocycles. The van der Waals surface area contributed by atoms with Crippen LogP contribution in [0.3, 0.4) is 0 Å². The average molecular weight is 281 g/mol. The Morgan fingerprint density at radius 1 is 1.50 bits per heavy atom. The second kappa shape index (κ2) is 6.29. The fraction of sp³-hybridized carbons (Fsp3) is 0.333. The van der Waals surface area contributed by atoms with Crippen LogP contribution in [0.4, 0.5) is 0 Å². The van der Waals surface area contributed by atoms with Gasteiger partial charge < -0.3 is 5.32 Å². The maximum Gasteiger partial charge on any atom is 0.221 e. The topological polar surface area (TPSA) is 52.9 Å². The van der Waals surface area contributed by atoms with Crippen LogP contribution in [0.15, 0.2) is 28.7 Å². The van der Waals surface area contributed by atoms with E-state index in [4.69, 9.17) is 5.26 Å². The number of nitriles is 1. The lowest BCUT2D eigenvalue weighted by Crippen LogP contribution is -2.27. The Morgan fingerprint density at radius 3 is 2.62 bits per heavy atom. The molecule has 0 saturated carbocycles. The second-order valence-electron chi connectivity index (χ2n) is 3.43. The van der Waals surface area contributed by atoms with Gasteiger partial charge in [0.1, 0.15) is 6.04 Å². The van der Waals surface area contributed by atoms with Gasteiger partial charge in [-0.05, 0) is 24.1 Å². The summed E-state index contributed by atoms with van der Waals surface area (Å²) in [6, 6.07) is 8.87. The van der Waals surface area contributed by atoms with Crippen molar-refractivity contribution >= 4 is 21.8 Å². The van der Waals surface area contributed by atoms with E-state index in [2.05, 4.69) is 27.3 Å². The van der Waals surface area contributed by atoms with Crippen molar-refractivity contribution in [1.29, 1.82) is 5.26 Å². The number of nitrogens with zero attached hydrogens (tertiary/aromatic N) is 1. The van der Waals surface area contributed by atoms with Crippen LogP contribution in [0.2, 0.25) is 0 Å². The predicted octanol–water partition coefficient (Wildman–Crippen LogP) is 2.93. The molecule has 0 aliphatic rings. The van der Waals surface area contributed by atoms with Gasteiger partial charge in [-0.3, -0.25) is 4.79 Å². The zero-order valence-corrected chi connectivity index (χ0v) is 10.6. The standard InChI is InChI=1S/C12H13BrN2O/c1-2-3-12(16)15-11(8-14)9-4-6-10(13)7-5-9/h4-7,11H,2-3H2,1H3,(H,15,16). The molecule has 0 radical (unpaired) electrons. The lowest BCUT2D eigenvalue weighted by molar-refractivity contribution is -0.121. The summed E-state index contributed by atoms with van der Waals surface area (Å²) in [6.45, 7) is 1.93. The van der Waals surface area contributed by atoms with Crippen molar-refractivity contribution in [3.8, 4) is 6.07 Å². The van der Waals surface area contributed by atoms with Gasteiger partial charge in [0.25, 0.3) is 0 Å². The number of benzene rings is 1. The van der Waals surface area contributed by atoms with Crippen LogP contribution in [0.5, 0.6) is 0 Å². The first-order chi connectivity index (χ1) is 7.67. The van der Waals surface area contributed by atoms with E-state index >= 15 is 0 Å². The van der Waals surface area contributed by atoms with Crippen LogP contribution in [0, 0.1) is 11.3 Å². The Balaban J connectivity index is 2.72. The summed E-state index contributed by atoms with van der Waals surface area (Å²) in [5.74, 6) is -0.0861. The van der Waals surface area contributed by atoms with Crippen molar-refractivity contribution in [2.45, 2.75) is 25.8 Å².